The van der Waals surface area contributed by atoms with Gasteiger partial charge in [-0.05, 0) is 18.2 Å². The Labute approximate surface area is 115 Å². The van der Waals surface area contributed by atoms with Crippen molar-refractivity contribution in [1.29, 1.82) is 0 Å². The zero-order valence-corrected chi connectivity index (χ0v) is 11.7. The quantitative estimate of drug-likeness (QED) is 0.714. The molecule has 0 atom stereocenters. The Morgan fingerprint density at radius 2 is 2.16 bits per heavy atom. The van der Waals surface area contributed by atoms with Gasteiger partial charge in [-0.15, -0.1) is 11.3 Å². The standard InChI is InChI=1S/C11H14N4O2S2/c12-9-2-1-8(19(13,16)17)7-10(9)14-4-3-11-15-5-6-18-11/h1-2,5-7,14H,3-4,12H2,(H2,13,16,17). The molecule has 0 aliphatic rings. The van der Waals surface area contributed by atoms with E-state index in [-0.39, 0.29) is 4.90 Å². The predicted molar refractivity (Wildman–Crippen MR) is 76.5 cm³/mol. The van der Waals surface area contributed by atoms with E-state index in [4.69, 9.17) is 10.9 Å². The highest BCUT2D eigenvalue weighted by molar-refractivity contribution is 7.89. The van der Waals surface area contributed by atoms with E-state index in [2.05, 4.69) is 10.3 Å². The Hall–Kier alpha value is -1.64. The van der Waals surface area contributed by atoms with Crippen molar-refractivity contribution in [1.82, 2.24) is 4.98 Å². The van der Waals surface area contributed by atoms with Crippen molar-refractivity contribution in [3.8, 4) is 0 Å². The van der Waals surface area contributed by atoms with Crippen LogP contribution in [-0.4, -0.2) is 19.9 Å². The van der Waals surface area contributed by atoms with Gasteiger partial charge in [-0.25, -0.2) is 18.5 Å². The SMILES string of the molecule is Nc1ccc(S(N)(=O)=O)cc1NCCc1nccs1. The van der Waals surface area contributed by atoms with Crippen LogP contribution in [0.2, 0.25) is 0 Å². The van der Waals surface area contributed by atoms with Crippen LogP contribution in [-0.2, 0) is 16.4 Å². The second kappa shape index (κ2) is 5.55. The first-order chi connectivity index (χ1) is 8.97. The predicted octanol–water partition coefficient (Wildman–Crippen LogP) is 1.03. The fraction of sp³-hybridized carbons (Fsp3) is 0.182. The Kier molecular flexibility index (Phi) is 4.03. The molecule has 0 saturated heterocycles. The van der Waals surface area contributed by atoms with Crippen molar-refractivity contribution in [2.45, 2.75) is 11.3 Å². The summed E-state index contributed by atoms with van der Waals surface area (Å²) in [5.74, 6) is 0. The molecule has 6 nitrogen and oxygen atoms in total. The lowest BCUT2D eigenvalue weighted by Gasteiger charge is -2.10. The van der Waals surface area contributed by atoms with E-state index >= 15 is 0 Å². The summed E-state index contributed by atoms with van der Waals surface area (Å²) in [5.41, 5.74) is 6.82. The monoisotopic (exact) mass is 298 g/mol. The topological polar surface area (TPSA) is 111 Å². The molecule has 2 aromatic rings. The van der Waals surface area contributed by atoms with Gasteiger partial charge >= 0.3 is 0 Å². The third-order valence-corrected chi connectivity index (χ3v) is 4.24. The van der Waals surface area contributed by atoms with Crippen molar-refractivity contribution in [2.24, 2.45) is 5.14 Å². The van der Waals surface area contributed by atoms with Gasteiger partial charge in [0.25, 0.3) is 0 Å². The molecule has 2 rings (SSSR count). The molecule has 102 valence electrons. The van der Waals surface area contributed by atoms with Crippen molar-refractivity contribution in [3.05, 3.63) is 34.8 Å². The third-order valence-electron chi connectivity index (χ3n) is 2.49. The van der Waals surface area contributed by atoms with Gasteiger partial charge in [-0.1, -0.05) is 0 Å². The Bertz CT molecular complexity index is 653. The van der Waals surface area contributed by atoms with E-state index in [1.807, 2.05) is 5.38 Å². The largest absolute Gasteiger partial charge is 0.397 e. The summed E-state index contributed by atoms with van der Waals surface area (Å²) in [6.07, 6.45) is 2.49. The Morgan fingerprint density at radius 1 is 1.37 bits per heavy atom. The van der Waals surface area contributed by atoms with Crippen molar-refractivity contribution < 1.29 is 8.42 Å². The van der Waals surface area contributed by atoms with E-state index in [1.54, 1.807) is 17.5 Å². The van der Waals surface area contributed by atoms with Crippen LogP contribution in [0.3, 0.4) is 0 Å². The van der Waals surface area contributed by atoms with Gasteiger partial charge in [0.1, 0.15) is 0 Å². The first kappa shape index (κ1) is 13.8. The molecule has 0 amide bonds. The molecule has 1 aromatic heterocycles. The molecule has 0 bridgehead atoms. The normalized spacial score (nSPS) is 11.4. The lowest BCUT2D eigenvalue weighted by molar-refractivity contribution is 0.598. The van der Waals surface area contributed by atoms with Gasteiger partial charge in [0.2, 0.25) is 10.0 Å². The first-order valence-electron chi connectivity index (χ1n) is 5.51. The molecule has 0 spiro atoms. The number of hydrogen-bond acceptors (Lipinski definition) is 6. The highest BCUT2D eigenvalue weighted by Crippen LogP contribution is 2.22. The van der Waals surface area contributed by atoms with Crippen LogP contribution in [0.5, 0.6) is 0 Å². The van der Waals surface area contributed by atoms with E-state index < -0.39 is 10.0 Å². The third kappa shape index (κ3) is 3.66. The molecule has 19 heavy (non-hydrogen) atoms. The summed E-state index contributed by atoms with van der Waals surface area (Å²) in [6.45, 7) is 0.617. The smallest absolute Gasteiger partial charge is 0.238 e. The van der Waals surface area contributed by atoms with E-state index in [0.29, 0.717) is 17.9 Å². The minimum atomic E-state index is -3.72. The molecule has 1 heterocycles. The van der Waals surface area contributed by atoms with Gasteiger partial charge in [0, 0.05) is 24.5 Å². The molecular formula is C11H14N4O2S2. The zero-order chi connectivity index (χ0) is 13.9. The number of nitrogens with zero attached hydrogens (tertiary/aromatic N) is 1. The lowest BCUT2D eigenvalue weighted by atomic mass is 10.2. The van der Waals surface area contributed by atoms with Gasteiger partial charge < -0.3 is 11.1 Å². The van der Waals surface area contributed by atoms with Crippen LogP contribution in [0.1, 0.15) is 5.01 Å². The number of thiazole rings is 1. The van der Waals surface area contributed by atoms with E-state index in [1.165, 1.54) is 18.2 Å². The number of primary sulfonamides is 1. The molecule has 0 fully saturated rings. The second-order valence-electron chi connectivity index (χ2n) is 3.90. The van der Waals surface area contributed by atoms with Crippen LogP contribution in [0.25, 0.3) is 0 Å². The minimum Gasteiger partial charge on any atom is -0.397 e. The maximum atomic E-state index is 11.3. The molecule has 1 aromatic carbocycles. The maximum Gasteiger partial charge on any atom is 0.238 e. The number of nitrogens with one attached hydrogen (secondary N) is 1. The minimum absolute atomic E-state index is 0.0402. The van der Waals surface area contributed by atoms with Crippen molar-refractivity contribution in [3.63, 3.8) is 0 Å². The number of benzene rings is 1. The van der Waals surface area contributed by atoms with Crippen LogP contribution in [0.15, 0.2) is 34.7 Å². The molecule has 0 unspecified atom stereocenters. The summed E-state index contributed by atoms with van der Waals surface area (Å²) >= 11 is 1.57. The summed E-state index contributed by atoms with van der Waals surface area (Å²) < 4.78 is 22.5. The number of nitrogens with two attached hydrogens (primary N) is 2. The number of nitrogen functional groups attached to an aromatic ring is 1. The highest BCUT2D eigenvalue weighted by Gasteiger charge is 2.10. The molecule has 8 heteroatoms. The molecule has 0 aliphatic carbocycles. The van der Waals surface area contributed by atoms with E-state index in [9.17, 15) is 8.42 Å². The highest BCUT2D eigenvalue weighted by atomic mass is 32.2. The number of rotatable bonds is 5. The molecule has 0 radical (unpaired) electrons. The van der Waals surface area contributed by atoms with Gasteiger partial charge in [0.05, 0.1) is 21.3 Å². The summed E-state index contributed by atoms with van der Waals surface area (Å²) in [7, 11) is -3.72. The van der Waals surface area contributed by atoms with Crippen LogP contribution < -0.4 is 16.2 Å². The van der Waals surface area contributed by atoms with Gasteiger partial charge in [-0.3, -0.25) is 0 Å². The summed E-state index contributed by atoms with van der Waals surface area (Å²) in [4.78, 5) is 4.20. The first-order valence-corrected chi connectivity index (χ1v) is 7.94. The second-order valence-corrected chi connectivity index (χ2v) is 6.44. The number of hydrogen-bond donors (Lipinski definition) is 3. The molecule has 0 saturated carbocycles. The van der Waals surface area contributed by atoms with Gasteiger partial charge in [-0.2, -0.15) is 0 Å². The molecule has 0 aliphatic heterocycles. The van der Waals surface area contributed by atoms with Crippen molar-refractivity contribution >= 4 is 32.7 Å². The Morgan fingerprint density at radius 3 is 2.79 bits per heavy atom. The van der Waals surface area contributed by atoms with Crippen molar-refractivity contribution in [2.75, 3.05) is 17.6 Å². The van der Waals surface area contributed by atoms with E-state index in [0.717, 1.165) is 11.4 Å². The maximum absolute atomic E-state index is 11.3. The summed E-state index contributed by atoms with van der Waals surface area (Å²) in [5, 5.41) is 11.1. The lowest BCUT2D eigenvalue weighted by Crippen LogP contribution is -2.13. The van der Waals surface area contributed by atoms with Gasteiger partial charge in [0.15, 0.2) is 0 Å². The van der Waals surface area contributed by atoms with Crippen LogP contribution in [0.4, 0.5) is 11.4 Å². The molecular weight excluding hydrogens is 284 g/mol. The fourth-order valence-corrected chi connectivity index (χ4v) is 2.71. The van der Waals surface area contributed by atoms with Crippen LogP contribution >= 0.6 is 11.3 Å². The average molecular weight is 298 g/mol. The number of aromatic nitrogens is 1. The molecule has 5 N–H and O–H groups in total. The number of anilines is 2. The Balaban J connectivity index is 2.07. The van der Waals surface area contributed by atoms with Crippen LogP contribution in [0, 0.1) is 0 Å². The summed E-state index contributed by atoms with van der Waals surface area (Å²) in [6, 6.07) is 4.34. The number of sulfonamides is 1. The zero-order valence-electron chi connectivity index (χ0n) is 10.0. The fourth-order valence-electron chi connectivity index (χ4n) is 1.55. The average Bonchev–Trinajstić information content (AvgIpc) is 2.83.